The normalized spacial score (nSPS) is 19.4. The van der Waals surface area contributed by atoms with Gasteiger partial charge in [0.05, 0.1) is 19.2 Å². The van der Waals surface area contributed by atoms with E-state index < -0.39 is 0 Å². The number of aliphatic hydroxyl groups is 1. The molecule has 2 heterocycles. The van der Waals surface area contributed by atoms with Crippen molar-refractivity contribution in [3.8, 4) is 17.0 Å². The van der Waals surface area contributed by atoms with E-state index in [0.717, 1.165) is 16.7 Å². The van der Waals surface area contributed by atoms with Crippen molar-refractivity contribution in [3.63, 3.8) is 0 Å². The topological polar surface area (TPSA) is 83.0 Å². The molecule has 1 aromatic heterocycles. The molecule has 1 N–H and O–H groups in total. The van der Waals surface area contributed by atoms with Crippen LogP contribution in [-0.4, -0.2) is 70.6 Å². The zero-order chi connectivity index (χ0) is 23.4. The van der Waals surface area contributed by atoms with Crippen LogP contribution < -0.4 is 4.74 Å². The Labute approximate surface area is 190 Å². The molecule has 0 spiro atoms. The van der Waals surface area contributed by atoms with Crippen molar-refractivity contribution in [1.29, 1.82) is 0 Å². The number of aryl methyl sites for hydroxylation is 1. The zero-order valence-electron chi connectivity index (χ0n) is 19.5. The van der Waals surface area contributed by atoms with Crippen LogP contribution in [-0.2, 0) is 4.79 Å². The first-order valence-corrected chi connectivity index (χ1v) is 11.1. The maximum Gasteiger partial charge on any atom is 0.259 e. The van der Waals surface area contributed by atoms with Crippen LogP contribution >= 0.6 is 0 Å². The second kappa shape index (κ2) is 10.1. The minimum Gasteiger partial charge on any atom is -0.472 e. The number of likely N-dealkylation sites (N-methyl/N-ethyl adjacent to an activating group) is 1. The molecule has 3 rings (SSSR count). The number of ether oxygens (including phenoxy) is 1. The average molecular weight is 440 g/mol. The van der Waals surface area contributed by atoms with E-state index in [1.165, 1.54) is 0 Å². The molecule has 0 bridgehead atoms. The molecular formula is C25H33N3O4. The van der Waals surface area contributed by atoms with Crippen LogP contribution in [0.3, 0.4) is 0 Å². The molecule has 1 aliphatic rings. The summed E-state index contributed by atoms with van der Waals surface area (Å²) in [5, 5.41) is 9.79. The lowest BCUT2D eigenvalue weighted by molar-refractivity contribution is -0.131. The van der Waals surface area contributed by atoms with Crippen molar-refractivity contribution in [2.75, 3.05) is 26.7 Å². The van der Waals surface area contributed by atoms with Crippen molar-refractivity contribution < 1.29 is 19.4 Å². The summed E-state index contributed by atoms with van der Waals surface area (Å²) in [7, 11) is 1.76. The van der Waals surface area contributed by atoms with Gasteiger partial charge in [0.25, 0.3) is 5.91 Å². The summed E-state index contributed by atoms with van der Waals surface area (Å²) in [6, 6.07) is 9.40. The number of amides is 2. The van der Waals surface area contributed by atoms with Crippen LogP contribution in [0.2, 0.25) is 0 Å². The molecule has 3 atom stereocenters. The number of benzene rings is 1. The Kier molecular flexibility index (Phi) is 7.51. The minimum atomic E-state index is -0.353. The van der Waals surface area contributed by atoms with Gasteiger partial charge < -0.3 is 19.6 Å². The number of pyridine rings is 1. The average Bonchev–Trinajstić information content (AvgIpc) is 2.80. The lowest BCUT2D eigenvalue weighted by Gasteiger charge is -2.37. The maximum absolute atomic E-state index is 13.5. The van der Waals surface area contributed by atoms with E-state index in [1.54, 1.807) is 23.0 Å². The largest absolute Gasteiger partial charge is 0.472 e. The maximum atomic E-state index is 13.5. The lowest BCUT2D eigenvalue weighted by Crippen LogP contribution is -2.50. The van der Waals surface area contributed by atoms with Gasteiger partial charge in [-0.25, -0.2) is 4.98 Å². The molecule has 0 saturated heterocycles. The molecule has 0 aliphatic carbocycles. The highest BCUT2D eigenvalue weighted by Gasteiger charge is 2.34. The summed E-state index contributed by atoms with van der Waals surface area (Å²) in [6.07, 6.45) is 1.80. The predicted molar refractivity (Wildman–Crippen MR) is 124 cm³/mol. The highest BCUT2D eigenvalue weighted by Crippen LogP contribution is 2.31. The summed E-state index contributed by atoms with van der Waals surface area (Å²) >= 11 is 0. The molecular weight excluding hydrogens is 406 g/mol. The van der Waals surface area contributed by atoms with Gasteiger partial charge in [0, 0.05) is 37.7 Å². The fraction of sp³-hybridized carbons (Fsp3) is 0.480. The molecule has 0 fully saturated rings. The number of aliphatic hydroxyl groups excluding tert-OH is 1. The molecule has 0 saturated carbocycles. The summed E-state index contributed by atoms with van der Waals surface area (Å²) in [5.41, 5.74) is 3.28. The van der Waals surface area contributed by atoms with E-state index in [0.29, 0.717) is 25.1 Å². The minimum absolute atomic E-state index is 0.0302. The highest BCUT2D eigenvalue weighted by molar-refractivity contribution is 5.98. The van der Waals surface area contributed by atoms with Gasteiger partial charge in [0.2, 0.25) is 11.8 Å². The first kappa shape index (κ1) is 23.7. The van der Waals surface area contributed by atoms with Crippen molar-refractivity contribution in [2.24, 2.45) is 5.92 Å². The van der Waals surface area contributed by atoms with Gasteiger partial charge in [-0.2, -0.15) is 0 Å². The SMILES string of the molecule is CCC(=O)N(C)C[C@@H]1Oc2ncc(-c3ccccc3C)cc2C(=O)N([C@H](C)CO)C[C@H]1C. The number of carbonyl (C=O) groups excluding carboxylic acids is 2. The Balaban J connectivity index is 2.05. The third kappa shape index (κ3) is 4.93. The molecule has 7 heteroatoms. The zero-order valence-corrected chi connectivity index (χ0v) is 19.5. The molecule has 2 aromatic rings. The Morgan fingerprint density at radius 2 is 2.06 bits per heavy atom. The van der Waals surface area contributed by atoms with Crippen molar-refractivity contribution in [3.05, 3.63) is 47.7 Å². The number of carbonyl (C=O) groups is 2. The molecule has 1 aromatic carbocycles. The van der Waals surface area contributed by atoms with E-state index in [4.69, 9.17) is 4.74 Å². The second-order valence-electron chi connectivity index (χ2n) is 8.64. The van der Waals surface area contributed by atoms with Crippen molar-refractivity contribution >= 4 is 11.8 Å². The fourth-order valence-electron chi connectivity index (χ4n) is 4.01. The third-order valence-corrected chi connectivity index (χ3v) is 6.16. The Morgan fingerprint density at radius 1 is 1.34 bits per heavy atom. The van der Waals surface area contributed by atoms with E-state index in [1.807, 2.05) is 58.0 Å². The number of nitrogens with zero attached hydrogens (tertiary/aromatic N) is 3. The van der Waals surface area contributed by atoms with Gasteiger partial charge in [-0.3, -0.25) is 9.59 Å². The van der Waals surface area contributed by atoms with Crippen LogP contribution in [0.25, 0.3) is 11.1 Å². The summed E-state index contributed by atoms with van der Waals surface area (Å²) in [5.74, 6) is 0.0118. The molecule has 1 aliphatic heterocycles. The van der Waals surface area contributed by atoms with Gasteiger partial charge in [-0.05, 0) is 31.0 Å². The van der Waals surface area contributed by atoms with Crippen LogP contribution in [0, 0.1) is 12.8 Å². The van der Waals surface area contributed by atoms with E-state index in [-0.39, 0.29) is 42.4 Å². The van der Waals surface area contributed by atoms with E-state index >= 15 is 0 Å². The van der Waals surface area contributed by atoms with Gasteiger partial charge in [0.1, 0.15) is 11.7 Å². The number of rotatable bonds is 6. The van der Waals surface area contributed by atoms with Crippen molar-refractivity contribution in [1.82, 2.24) is 14.8 Å². The quantitative estimate of drug-likeness (QED) is 0.748. The molecule has 7 nitrogen and oxygen atoms in total. The first-order chi connectivity index (χ1) is 15.3. The van der Waals surface area contributed by atoms with Crippen LogP contribution in [0.4, 0.5) is 0 Å². The monoisotopic (exact) mass is 439 g/mol. The predicted octanol–water partition coefficient (Wildman–Crippen LogP) is 3.15. The smallest absolute Gasteiger partial charge is 0.259 e. The van der Waals surface area contributed by atoms with Crippen LogP contribution in [0.5, 0.6) is 5.88 Å². The van der Waals surface area contributed by atoms with E-state index in [9.17, 15) is 14.7 Å². The van der Waals surface area contributed by atoms with Crippen LogP contribution in [0.1, 0.15) is 43.1 Å². The van der Waals surface area contributed by atoms with Gasteiger partial charge in [-0.1, -0.05) is 38.1 Å². The first-order valence-electron chi connectivity index (χ1n) is 11.1. The van der Waals surface area contributed by atoms with Gasteiger partial charge >= 0.3 is 0 Å². The van der Waals surface area contributed by atoms with Crippen molar-refractivity contribution in [2.45, 2.75) is 46.3 Å². The standard InChI is InChI=1S/C25H33N3O4/c1-6-23(30)27(5)14-22-17(3)13-28(18(4)15-29)25(31)21-11-19(12-26-24(21)32-22)20-10-8-7-9-16(20)2/h7-12,17-18,22,29H,6,13-15H2,1-5H3/t17-,18-,22+/m1/s1. The molecule has 0 radical (unpaired) electrons. The van der Waals surface area contributed by atoms with Crippen LogP contribution in [0.15, 0.2) is 36.5 Å². The number of hydrogen-bond donors (Lipinski definition) is 1. The Morgan fingerprint density at radius 3 is 2.72 bits per heavy atom. The highest BCUT2D eigenvalue weighted by atomic mass is 16.5. The second-order valence-corrected chi connectivity index (χ2v) is 8.64. The molecule has 172 valence electrons. The molecule has 0 unspecified atom stereocenters. The molecule has 32 heavy (non-hydrogen) atoms. The summed E-state index contributed by atoms with van der Waals surface area (Å²) < 4.78 is 6.25. The fourth-order valence-corrected chi connectivity index (χ4v) is 4.01. The molecule has 2 amide bonds. The van der Waals surface area contributed by atoms with Gasteiger partial charge in [-0.15, -0.1) is 0 Å². The number of aromatic nitrogens is 1. The number of fused-ring (bicyclic) bond motifs is 1. The lowest BCUT2D eigenvalue weighted by atomic mass is 9.98. The Hall–Kier alpha value is -2.93. The Bertz CT molecular complexity index is 977. The van der Waals surface area contributed by atoms with E-state index in [2.05, 4.69) is 4.98 Å². The van der Waals surface area contributed by atoms with Gasteiger partial charge in [0.15, 0.2) is 0 Å². The summed E-state index contributed by atoms with van der Waals surface area (Å²) in [6.45, 7) is 8.33. The summed E-state index contributed by atoms with van der Waals surface area (Å²) in [4.78, 5) is 33.5. The third-order valence-electron chi connectivity index (χ3n) is 6.16. The number of hydrogen-bond acceptors (Lipinski definition) is 5.